The molecule has 4 rings (SSSR count). The molecule has 2 saturated heterocycles. The Labute approximate surface area is 125 Å². The molecule has 4 heterocycles. The Morgan fingerprint density at radius 3 is 2.91 bits per heavy atom. The summed E-state index contributed by atoms with van der Waals surface area (Å²) >= 11 is 0. The largest absolute Gasteiger partial charge is 0.336 e. The summed E-state index contributed by atoms with van der Waals surface area (Å²) in [5, 5.41) is 6.50. The molecule has 1 N–H and O–H groups in total. The molecule has 0 bridgehead atoms. The van der Waals surface area contributed by atoms with Gasteiger partial charge in [0.05, 0.1) is 17.1 Å². The Balaban J connectivity index is 1.64. The summed E-state index contributed by atoms with van der Waals surface area (Å²) in [7, 11) is 0. The normalized spacial score (nSPS) is 24.5. The van der Waals surface area contributed by atoms with Gasteiger partial charge in [0.25, 0.3) is 5.91 Å². The van der Waals surface area contributed by atoms with E-state index < -0.39 is 5.41 Å². The van der Waals surface area contributed by atoms with Gasteiger partial charge in [-0.2, -0.15) is 5.10 Å². The Kier molecular flexibility index (Phi) is 2.60. The first-order valence-electron chi connectivity index (χ1n) is 7.15. The molecule has 0 saturated carbocycles. The first-order valence-corrected chi connectivity index (χ1v) is 7.15. The van der Waals surface area contributed by atoms with Crippen LogP contribution < -0.4 is 5.32 Å². The second-order valence-corrected chi connectivity index (χ2v) is 5.89. The molecule has 2 aromatic heterocycles. The van der Waals surface area contributed by atoms with Crippen LogP contribution in [0.25, 0.3) is 5.52 Å². The van der Waals surface area contributed by atoms with Crippen molar-refractivity contribution in [1.82, 2.24) is 19.8 Å². The van der Waals surface area contributed by atoms with Gasteiger partial charge in [-0.3, -0.25) is 19.7 Å². The van der Waals surface area contributed by atoms with Crippen LogP contribution >= 0.6 is 0 Å². The third-order valence-corrected chi connectivity index (χ3v) is 4.51. The smallest absolute Gasteiger partial charge is 0.272 e. The van der Waals surface area contributed by atoms with Gasteiger partial charge < -0.3 is 4.90 Å². The van der Waals surface area contributed by atoms with Gasteiger partial charge in [-0.1, -0.05) is 6.07 Å². The molecule has 0 unspecified atom stereocenters. The fourth-order valence-electron chi connectivity index (χ4n) is 3.34. The summed E-state index contributed by atoms with van der Waals surface area (Å²) < 4.78 is 1.59. The van der Waals surface area contributed by atoms with Crippen molar-refractivity contribution >= 4 is 23.2 Å². The molecule has 2 fully saturated rings. The van der Waals surface area contributed by atoms with Crippen molar-refractivity contribution in [3.8, 4) is 0 Å². The molecule has 2 aromatic rings. The third-order valence-electron chi connectivity index (χ3n) is 4.51. The van der Waals surface area contributed by atoms with E-state index in [4.69, 9.17) is 0 Å². The number of fused-ring (bicyclic) bond motifs is 1. The summed E-state index contributed by atoms with van der Waals surface area (Å²) in [5.74, 6) is -0.683. The number of aromatic nitrogens is 2. The highest BCUT2D eigenvalue weighted by atomic mass is 16.2. The Hall–Kier alpha value is -2.70. The van der Waals surface area contributed by atoms with E-state index in [2.05, 4.69) is 10.4 Å². The Morgan fingerprint density at radius 2 is 2.14 bits per heavy atom. The summed E-state index contributed by atoms with van der Waals surface area (Å²) in [6.07, 6.45) is 2.33. The fourth-order valence-corrected chi connectivity index (χ4v) is 3.34. The molecule has 7 heteroatoms. The zero-order valence-electron chi connectivity index (χ0n) is 11.8. The zero-order chi connectivity index (χ0) is 15.3. The molecular weight excluding hydrogens is 284 g/mol. The van der Waals surface area contributed by atoms with E-state index in [1.165, 1.54) is 0 Å². The number of amides is 3. The van der Waals surface area contributed by atoms with Crippen molar-refractivity contribution in [1.29, 1.82) is 0 Å². The summed E-state index contributed by atoms with van der Waals surface area (Å²) in [5.41, 5.74) is 0.558. The van der Waals surface area contributed by atoms with E-state index in [0.717, 1.165) is 5.52 Å². The lowest BCUT2D eigenvalue weighted by Gasteiger charge is -2.20. The van der Waals surface area contributed by atoms with Gasteiger partial charge >= 0.3 is 0 Å². The lowest BCUT2D eigenvalue weighted by Crippen LogP contribution is -2.37. The van der Waals surface area contributed by atoms with Gasteiger partial charge in [-0.05, 0) is 24.6 Å². The van der Waals surface area contributed by atoms with E-state index in [1.807, 2.05) is 18.2 Å². The fraction of sp³-hybridized carbons (Fsp3) is 0.333. The van der Waals surface area contributed by atoms with Crippen LogP contribution in [0.3, 0.4) is 0 Å². The molecule has 0 aliphatic carbocycles. The van der Waals surface area contributed by atoms with E-state index in [0.29, 0.717) is 18.7 Å². The van der Waals surface area contributed by atoms with Crippen LogP contribution in [-0.2, 0) is 9.59 Å². The standard InChI is InChI=1S/C15H14N4O3/c20-12-8-15(14(22)17-12)5-7-18(9-15)13(21)11-3-1-2-10-4-6-16-19(10)11/h1-4,6H,5,7-9H2,(H,17,20,22)/t15-/m0/s1. The Morgan fingerprint density at radius 1 is 1.27 bits per heavy atom. The number of rotatable bonds is 1. The van der Waals surface area contributed by atoms with Crippen LogP contribution in [0.5, 0.6) is 0 Å². The second kappa shape index (κ2) is 4.40. The number of likely N-dealkylation sites (tertiary alicyclic amines) is 1. The first-order chi connectivity index (χ1) is 10.6. The number of carbonyl (C=O) groups is 3. The molecule has 7 nitrogen and oxygen atoms in total. The van der Waals surface area contributed by atoms with Gasteiger partial charge in [0, 0.05) is 19.5 Å². The van der Waals surface area contributed by atoms with E-state index in [1.54, 1.807) is 21.7 Å². The summed E-state index contributed by atoms with van der Waals surface area (Å²) in [4.78, 5) is 37.8. The van der Waals surface area contributed by atoms with Crippen molar-refractivity contribution in [2.24, 2.45) is 5.41 Å². The number of nitrogens with zero attached hydrogens (tertiary/aromatic N) is 3. The third kappa shape index (κ3) is 1.75. The lowest BCUT2D eigenvalue weighted by molar-refractivity contribution is -0.128. The predicted molar refractivity (Wildman–Crippen MR) is 75.9 cm³/mol. The van der Waals surface area contributed by atoms with Crippen LogP contribution in [0.4, 0.5) is 0 Å². The molecular formula is C15H14N4O3. The van der Waals surface area contributed by atoms with Gasteiger partial charge in [-0.15, -0.1) is 0 Å². The van der Waals surface area contributed by atoms with E-state index >= 15 is 0 Å². The zero-order valence-corrected chi connectivity index (χ0v) is 11.8. The number of imide groups is 1. The Bertz CT molecular complexity index is 812. The maximum absolute atomic E-state index is 12.7. The van der Waals surface area contributed by atoms with Crippen LogP contribution in [0.15, 0.2) is 30.5 Å². The molecule has 1 spiro atoms. The molecule has 1 atom stereocenters. The lowest BCUT2D eigenvalue weighted by atomic mass is 9.85. The highest BCUT2D eigenvalue weighted by Gasteiger charge is 2.51. The van der Waals surface area contributed by atoms with Crippen LogP contribution in [0.2, 0.25) is 0 Å². The number of hydrogen-bond donors (Lipinski definition) is 1. The van der Waals surface area contributed by atoms with Gasteiger partial charge in [0.1, 0.15) is 5.69 Å². The van der Waals surface area contributed by atoms with Gasteiger partial charge in [0.15, 0.2) is 0 Å². The number of nitrogens with one attached hydrogen (secondary N) is 1. The molecule has 3 amide bonds. The minimum absolute atomic E-state index is 0.168. The van der Waals surface area contributed by atoms with Crippen molar-refractivity contribution in [3.63, 3.8) is 0 Å². The van der Waals surface area contributed by atoms with Crippen molar-refractivity contribution in [3.05, 3.63) is 36.2 Å². The van der Waals surface area contributed by atoms with Crippen LogP contribution in [-0.4, -0.2) is 45.3 Å². The maximum atomic E-state index is 12.7. The summed E-state index contributed by atoms with van der Waals surface area (Å²) in [6.45, 7) is 0.748. The maximum Gasteiger partial charge on any atom is 0.272 e. The SMILES string of the molecule is O=C1C[C@]2(CCN(C(=O)c3cccc4ccnn34)C2)C(=O)N1. The van der Waals surface area contributed by atoms with E-state index in [-0.39, 0.29) is 30.7 Å². The molecule has 2 aliphatic heterocycles. The molecule has 2 aliphatic rings. The molecule has 0 aromatic carbocycles. The highest BCUT2D eigenvalue weighted by Crippen LogP contribution is 2.38. The summed E-state index contributed by atoms with van der Waals surface area (Å²) in [6, 6.07) is 7.22. The van der Waals surface area contributed by atoms with Crippen molar-refractivity contribution in [2.75, 3.05) is 13.1 Å². The predicted octanol–water partition coefficient (Wildman–Crippen LogP) is 0.213. The number of carbonyl (C=O) groups excluding carboxylic acids is 3. The van der Waals surface area contributed by atoms with E-state index in [9.17, 15) is 14.4 Å². The number of pyridine rings is 1. The van der Waals surface area contributed by atoms with Crippen molar-refractivity contribution < 1.29 is 14.4 Å². The minimum Gasteiger partial charge on any atom is -0.336 e. The number of hydrogen-bond acceptors (Lipinski definition) is 4. The second-order valence-electron chi connectivity index (χ2n) is 5.89. The monoisotopic (exact) mass is 298 g/mol. The average molecular weight is 298 g/mol. The van der Waals surface area contributed by atoms with Crippen LogP contribution in [0, 0.1) is 5.41 Å². The highest BCUT2D eigenvalue weighted by molar-refractivity contribution is 6.06. The molecule has 22 heavy (non-hydrogen) atoms. The van der Waals surface area contributed by atoms with Gasteiger partial charge in [0.2, 0.25) is 11.8 Å². The minimum atomic E-state index is -0.745. The topological polar surface area (TPSA) is 83.8 Å². The van der Waals surface area contributed by atoms with Gasteiger partial charge in [-0.25, -0.2) is 4.52 Å². The average Bonchev–Trinajstić information content (AvgIpc) is 3.18. The quantitative estimate of drug-likeness (QED) is 0.763. The molecule has 0 radical (unpaired) electrons. The van der Waals surface area contributed by atoms with Crippen LogP contribution in [0.1, 0.15) is 23.3 Å². The first kappa shape index (κ1) is 13.0. The van der Waals surface area contributed by atoms with Crippen molar-refractivity contribution in [2.45, 2.75) is 12.8 Å². The molecule has 112 valence electrons.